The van der Waals surface area contributed by atoms with E-state index in [1.54, 1.807) is 18.5 Å². The largest absolute Gasteiger partial charge is 0.342 e. The lowest BCUT2D eigenvalue weighted by Crippen LogP contribution is -1.82. The number of aromatic nitrogens is 4. The van der Waals surface area contributed by atoms with E-state index in [9.17, 15) is 0 Å². The zero-order chi connectivity index (χ0) is 11.7. The highest BCUT2D eigenvalue weighted by Gasteiger charge is 2.16. The van der Waals surface area contributed by atoms with E-state index in [4.69, 9.17) is 9.78 Å². The highest BCUT2D eigenvalue weighted by atomic mass is 32.1. The Morgan fingerprint density at radius 3 is 3.18 bits per heavy atom. The van der Waals surface area contributed by atoms with Crippen molar-refractivity contribution >= 4 is 11.3 Å². The van der Waals surface area contributed by atoms with Gasteiger partial charge in [-0.05, 0) is 11.4 Å². The summed E-state index contributed by atoms with van der Waals surface area (Å²) in [7, 11) is 0. The van der Waals surface area contributed by atoms with Gasteiger partial charge in [0.2, 0.25) is 5.82 Å². The molecule has 0 aromatic carbocycles. The number of nitrogens with one attached hydrogen (secondary N) is 1. The topological polar surface area (TPSA) is 91.4 Å². The molecule has 3 aromatic rings. The van der Waals surface area contributed by atoms with Crippen LogP contribution in [0.25, 0.3) is 22.4 Å². The van der Waals surface area contributed by atoms with Gasteiger partial charge in [0.15, 0.2) is 5.82 Å². The van der Waals surface area contributed by atoms with E-state index in [1.165, 1.54) is 11.3 Å². The number of nitrogens with zero attached hydrogens (tertiary/aromatic N) is 4. The molecule has 82 valence electrons. The fourth-order valence-electron chi connectivity index (χ4n) is 1.36. The molecule has 0 unspecified atom stereocenters. The lowest BCUT2D eigenvalue weighted by molar-refractivity contribution is 0.433. The summed E-state index contributed by atoms with van der Waals surface area (Å²) in [5.41, 5.74) is 0.532. The third-order valence-corrected chi connectivity index (χ3v) is 3.02. The van der Waals surface area contributed by atoms with E-state index < -0.39 is 0 Å². The molecule has 0 amide bonds. The van der Waals surface area contributed by atoms with Gasteiger partial charge >= 0.3 is 0 Å². The van der Waals surface area contributed by atoms with Crippen LogP contribution in [0.3, 0.4) is 0 Å². The maximum atomic E-state index is 8.91. The van der Waals surface area contributed by atoms with Gasteiger partial charge in [-0.3, -0.25) is 0 Å². The van der Waals surface area contributed by atoms with Crippen molar-refractivity contribution in [1.29, 1.82) is 5.26 Å². The highest BCUT2D eigenvalue weighted by Crippen LogP contribution is 2.28. The summed E-state index contributed by atoms with van der Waals surface area (Å²) < 4.78 is 5.11. The van der Waals surface area contributed by atoms with Crippen molar-refractivity contribution < 1.29 is 4.52 Å². The van der Waals surface area contributed by atoms with Gasteiger partial charge in [0, 0.05) is 12.4 Å². The molecule has 0 saturated heterocycles. The number of aromatic amines is 1. The Hall–Kier alpha value is -2.46. The van der Waals surface area contributed by atoms with Crippen molar-refractivity contribution in [3.05, 3.63) is 29.4 Å². The first-order chi connectivity index (χ1) is 8.38. The normalized spacial score (nSPS) is 10.3. The molecule has 1 N–H and O–H groups in total. The molecule has 17 heavy (non-hydrogen) atoms. The molecule has 7 heteroatoms. The van der Waals surface area contributed by atoms with Crippen LogP contribution in [-0.2, 0) is 0 Å². The van der Waals surface area contributed by atoms with Gasteiger partial charge in [0.05, 0.1) is 5.56 Å². The molecule has 0 radical (unpaired) electrons. The SMILES string of the molecule is N#Cc1ccsc1-c1nc(-c2ncc[nH]2)no1. The zero-order valence-electron chi connectivity index (χ0n) is 8.41. The van der Waals surface area contributed by atoms with Crippen LogP contribution in [0, 0.1) is 11.3 Å². The van der Waals surface area contributed by atoms with Crippen molar-refractivity contribution in [1.82, 2.24) is 20.1 Å². The Bertz CT molecular complexity index is 676. The predicted octanol–water partition coefficient (Wildman–Crippen LogP) is 2.06. The molecule has 6 nitrogen and oxygen atoms in total. The molecule has 0 saturated carbocycles. The molecule has 0 aliphatic heterocycles. The van der Waals surface area contributed by atoms with Gasteiger partial charge in [-0.25, -0.2) is 4.98 Å². The first kappa shape index (κ1) is 9.74. The quantitative estimate of drug-likeness (QED) is 0.743. The van der Waals surface area contributed by atoms with Crippen LogP contribution in [0.2, 0.25) is 0 Å². The van der Waals surface area contributed by atoms with Crippen LogP contribution >= 0.6 is 11.3 Å². The summed E-state index contributed by atoms with van der Waals surface area (Å²) in [6.07, 6.45) is 3.29. The fraction of sp³-hybridized carbons (Fsp3) is 0. The lowest BCUT2D eigenvalue weighted by Gasteiger charge is -1.86. The molecular formula is C10H5N5OS. The average molecular weight is 243 g/mol. The summed E-state index contributed by atoms with van der Waals surface area (Å²) >= 11 is 1.39. The monoisotopic (exact) mass is 243 g/mol. The van der Waals surface area contributed by atoms with Crippen molar-refractivity contribution in [2.75, 3.05) is 0 Å². The fourth-order valence-corrected chi connectivity index (χ4v) is 2.13. The summed E-state index contributed by atoms with van der Waals surface area (Å²) in [5.74, 6) is 1.25. The Kier molecular flexibility index (Phi) is 2.20. The second-order valence-electron chi connectivity index (χ2n) is 3.14. The number of imidazole rings is 1. The summed E-state index contributed by atoms with van der Waals surface area (Å²) in [6, 6.07) is 3.80. The van der Waals surface area contributed by atoms with Gasteiger partial charge in [-0.15, -0.1) is 11.3 Å². The highest BCUT2D eigenvalue weighted by molar-refractivity contribution is 7.13. The molecule has 0 spiro atoms. The van der Waals surface area contributed by atoms with Crippen molar-refractivity contribution in [3.8, 4) is 28.5 Å². The van der Waals surface area contributed by atoms with Crippen LogP contribution in [0.5, 0.6) is 0 Å². The second kappa shape index (κ2) is 3.84. The molecular weight excluding hydrogens is 238 g/mol. The van der Waals surface area contributed by atoms with Crippen LogP contribution in [0.4, 0.5) is 0 Å². The van der Waals surface area contributed by atoms with Crippen molar-refractivity contribution in [2.24, 2.45) is 0 Å². The van der Waals surface area contributed by atoms with Gasteiger partial charge in [0.25, 0.3) is 5.89 Å². The first-order valence-corrected chi connectivity index (χ1v) is 5.58. The number of H-pyrrole nitrogens is 1. The van der Waals surface area contributed by atoms with Crippen LogP contribution < -0.4 is 0 Å². The molecule has 0 fully saturated rings. The van der Waals surface area contributed by atoms with Crippen molar-refractivity contribution in [2.45, 2.75) is 0 Å². The Morgan fingerprint density at radius 1 is 1.47 bits per heavy atom. The number of nitriles is 1. The zero-order valence-corrected chi connectivity index (χ0v) is 9.23. The van der Waals surface area contributed by atoms with Crippen molar-refractivity contribution in [3.63, 3.8) is 0 Å². The summed E-state index contributed by atoms with van der Waals surface area (Å²) in [5, 5.41) is 14.5. The average Bonchev–Trinajstić information content (AvgIpc) is 3.09. The standard InChI is InChI=1S/C10H5N5OS/c11-5-6-1-4-17-7(6)10-14-9(15-16-10)8-12-2-3-13-8/h1-4H,(H,12,13). The van der Waals surface area contributed by atoms with E-state index in [0.717, 1.165) is 0 Å². The smallest absolute Gasteiger partial charge is 0.269 e. The van der Waals surface area contributed by atoms with Gasteiger partial charge in [-0.1, -0.05) is 5.16 Å². The number of thiophene rings is 1. The maximum absolute atomic E-state index is 8.91. The number of hydrogen-bond acceptors (Lipinski definition) is 6. The third-order valence-electron chi connectivity index (χ3n) is 2.12. The van der Waals surface area contributed by atoms with E-state index in [0.29, 0.717) is 28.0 Å². The number of rotatable bonds is 2. The molecule has 0 aliphatic rings. The Balaban J connectivity index is 2.04. The predicted molar refractivity (Wildman–Crippen MR) is 59.9 cm³/mol. The molecule has 0 aliphatic carbocycles. The van der Waals surface area contributed by atoms with Crippen LogP contribution in [0.15, 0.2) is 28.4 Å². The Labute approximate surface area is 99.6 Å². The van der Waals surface area contributed by atoms with Gasteiger partial charge in [0.1, 0.15) is 10.9 Å². The third kappa shape index (κ3) is 1.60. The molecule has 3 heterocycles. The summed E-state index contributed by atoms with van der Waals surface area (Å²) in [4.78, 5) is 11.8. The minimum absolute atomic E-state index is 0.336. The van der Waals surface area contributed by atoms with E-state index in [2.05, 4.69) is 26.2 Å². The molecule has 3 aromatic heterocycles. The molecule has 3 rings (SSSR count). The molecule has 0 bridgehead atoms. The number of hydrogen-bond donors (Lipinski definition) is 1. The van der Waals surface area contributed by atoms with Crippen LogP contribution in [-0.4, -0.2) is 20.1 Å². The second-order valence-corrected chi connectivity index (χ2v) is 4.05. The van der Waals surface area contributed by atoms with Gasteiger partial charge in [-0.2, -0.15) is 10.2 Å². The minimum atomic E-state index is 0.336. The van der Waals surface area contributed by atoms with E-state index >= 15 is 0 Å². The molecule has 0 atom stereocenters. The minimum Gasteiger partial charge on any atom is -0.342 e. The van der Waals surface area contributed by atoms with E-state index in [1.807, 2.05) is 5.38 Å². The first-order valence-electron chi connectivity index (χ1n) is 4.70. The van der Waals surface area contributed by atoms with Crippen LogP contribution in [0.1, 0.15) is 5.56 Å². The van der Waals surface area contributed by atoms with E-state index in [-0.39, 0.29) is 0 Å². The van der Waals surface area contributed by atoms with Gasteiger partial charge < -0.3 is 9.51 Å². The Morgan fingerprint density at radius 2 is 2.41 bits per heavy atom. The summed E-state index contributed by atoms with van der Waals surface area (Å²) in [6.45, 7) is 0. The maximum Gasteiger partial charge on any atom is 0.269 e. The lowest BCUT2D eigenvalue weighted by atomic mass is 10.3.